The van der Waals surface area contributed by atoms with Crippen LogP contribution in [0.3, 0.4) is 0 Å². The molecular formula is C27H25NO2. The summed E-state index contributed by atoms with van der Waals surface area (Å²) in [5.41, 5.74) is 7.23. The first-order valence-electron chi connectivity index (χ1n) is 11.4. The molecule has 4 aliphatic rings. The Kier molecular flexibility index (Phi) is 3.31. The monoisotopic (exact) mass is 395 g/mol. The topological polar surface area (TPSA) is 49.3 Å². The van der Waals surface area contributed by atoms with Gasteiger partial charge in [0.1, 0.15) is 0 Å². The molecule has 0 unspecified atom stereocenters. The molecule has 1 aliphatic heterocycles. The molecule has 2 fully saturated rings. The molecule has 3 aromatic rings. The Morgan fingerprint density at radius 2 is 1.77 bits per heavy atom. The average molecular weight is 396 g/mol. The molecule has 2 N–H and O–H groups in total. The summed E-state index contributed by atoms with van der Waals surface area (Å²) < 4.78 is 0. The Bertz CT molecular complexity index is 1220. The maximum Gasteiger partial charge on any atom is 0.335 e. The van der Waals surface area contributed by atoms with Crippen LogP contribution in [-0.4, -0.2) is 11.1 Å². The summed E-state index contributed by atoms with van der Waals surface area (Å²) in [5.74, 6) is 1.64. The van der Waals surface area contributed by atoms with E-state index < -0.39 is 5.97 Å². The number of carboxylic acid groups (broad SMARTS) is 1. The molecule has 0 aromatic heterocycles. The summed E-state index contributed by atoms with van der Waals surface area (Å²) in [6.45, 7) is 0. The quantitative estimate of drug-likeness (QED) is 0.565. The number of fused-ring (bicyclic) bond motifs is 7. The zero-order valence-corrected chi connectivity index (χ0v) is 16.9. The van der Waals surface area contributed by atoms with Gasteiger partial charge >= 0.3 is 5.97 Å². The molecule has 30 heavy (non-hydrogen) atoms. The molecule has 3 nitrogen and oxygen atoms in total. The lowest BCUT2D eigenvalue weighted by Gasteiger charge is -2.44. The van der Waals surface area contributed by atoms with Crippen LogP contribution in [0, 0.1) is 17.8 Å². The van der Waals surface area contributed by atoms with Crippen molar-refractivity contribution in [3.63, 3.8) is 0 Å². The van der Waals surface area contributed by atoms with Crippen molar-refractivity contribution in [1.82, 2.24) is 0 Å². The predicted molar refractivity (Wildman–Crippen MR) is 118 cm³/mol. The van der Waals surface area contributed by atoms with Crippen LogP contribution in [0.5, 0.6) is 0 Å². The molecule has 3 heteroatoms. The molecular weight excluding hydrogens is 370 g/mol. The normalized spacial score (nSPS) is 30.2. The van der Waals surface area contributed by atoms with Gasteiger partial charge in [-0.2, -0.15) is 0 Å². The van der Waals surface area contributed by atoms with Crippen molar-refractivity contribution in [2.45, 2.75) is 44.1 Å². The number of aromatic carboxylic acids is 1. The van der Waals surface area contributed by atoms with Gasteiger partial charge in [0.2, 0.25) is 0 Å². The van der Waals surface area contributed by atoms with E-state index in [0.717, 1.165) is 24.4 Å². The second-order valence-corrected chi connectivity index (χ2v) is 9.82. The number of anilines is 1. The average Bonchev–Trinajstić information content (AvgIpc) is 3.49. The smallest absolute Gasteiger partial charge is 0.335 e. The standard InChI is InChI=1S/C27H25NO2/c29-27(30)18-9-11-22-21(13-18)24-16-6-7-17(12-16)25(24)26(28-22)20-10-8-15-5-4-14-2-1-3-19(20)23(14)15/h1-3,8-11,13,16-17,24-26,28H,4-7,12H2,(H,29,30)/t16-,17-,24-,25-,26-/m0/s1. The van der Waals surface area contributed by atoms with Crippen LogP contribution >= 0.6 is 0 Å². The van der Waals surface area contributed by atoms with Crippen LogP contribution in [0.1, 0.15) is 63.8 Å². The SMILES string of the molecule is O=C(O)c1ccc2c(c1)[C@@H]1[C@H]3CC[C@@H](C3)[C@@H]1[C@H](c1ccc3c4c(cccc14)CC3)N2. The fourth-order valence-electron chi connectivity index (χ4n) is 7.47. The zero-order valence-electron chi connectivity index (χ0n) is 16.9. The Morgan fingerprint density at radius 3 is 2.63 bits per heavy atom. The third kappa shape index (κ3) is 2.13. The van der Waals surface area contributed by atoms with Gasteiger partial charge in [0, 0.05) is 5.69 Å². The highest BCUT2D eigenvalue weighted by atomic mass is 16.4. The van der Waals surface area contributed by atoms with Gasteiger partial charge in [-0.05, 0) is 107 Å². The lowest BCUT2D eigenvalue weighted by Crippen LogP contribution is -2.35. The highest BCUT2D eigenvalue weighted by Gasteiger charge is 2.54. The van der Waals surface area contributed by atoms with Crippen molar-refractivity contribution >= 4 is 22.4 Å². The Hall–Kier alpha value is -2.81. The van der Waals surface area contributed by atoms with Gasteiger partial charge in [-0.3, -0.25) is 0 Å². The van der Waals surface area contributed by atoms with E-state index in [0.29, 0.717) is 29.4 Å². The highest BCUT2D eigenvalue weighted by Crippen LogP contribution is 2.64. The van der Waals surface area contributed by atoms with Crippen LogP contribution in [0.15, 0.2) is 48.5 Å². The van der Waals surface area contributed by atoms with Crippen molar-refractivity contribution in [2.75, 3.05) is 5.32 Å². The maximum absolute atomic E-state index is 11.6. The molecule has 2 saturated carbocycles. The van der Waals surface area contributed by atoms with Gasteiger partial charge in [-0.1, -0.05) is 30.3 Å². The van der Waals surface area contributed by atoms with E-state index in [1.807, 2.05) is 12.1 Å². The second kappa shape index (κ2) is 5.87. The molecule has 0 amide bonds. The number of benzene rings is 3. The third-order valence-electron chi connectivity index (χ3n) is 8.58. The lowest BCUT2D eigenvalue weighted by atomic mass is 9.67. The van der Waals surface area contributed by atoms with Crippen molar-refractivity contribution < 1.29 is 9.90 Å². The number of hydrogen-bond acceptors (Lipinski definition) is 2. The fraction of sp³-hybridized carbons (Fsp3) is 0.370. The minimum Gasteiger partial charge on any atom is -0.478 e. The van der Waals surface area contributed by atoms with E-state index in [4.69, 9.17) is 0 Å². The molecule has 7 rings (SSSR count). The van der Waals surface area contributed by atoms with E-state index in [-0.39, 0.29) is 0 Å². The van der Waals surface area contributed by atoms with E-state index in [1.54, 1.807) is 6.07 Å². The molecule has 2 bridgehead atoms. The van der Waals surface area contributed by atoms with Gasteiger partial charge in [-0.15, -0.1) is 0 Å². The summed E-state index contributed by atoms with van der Waals surface area (Å²) in [6, 6.07) is 17.6. The second-order valence-electron chi connectivity index (χ2n) is 9.82. The molecule has 0 radical (unpaired) electrons. The highest BCUT2D eigenvalue weighted by molar-refractivity contribution is 5.94. The molecule has 3 aliphatic carbocycles. The number of carbonyl (C=O) groups is 1. The zero-order chi connectivity index (χ0) is 20.0. The van der Waals surface area contributed by atoms with Gasteiger partial charge in [0.15, 0.2) is 0 Å². The van der Waals surface area contributed by atoms with Crippen molar-refractivity contribution in [1.29, 1.82) is 0 Å². The Morgan fingerprint density at radius 1 is 0.933 bits per heavy atom. The Labute approximate surface area is 176 Å². The number of aryl methyl sites for hydroxylation is 2. The van der Waals surface area contributed by atoms with Crippen LogP contribution in [0.25, 0.3) is 10.8 Å². The molecule has 0 spiro atoms. The maximum atomic E-state index is 11.6. The largest absolute Gasteiger partial charge is 0.478 e. The molecule has 1 heterocycles. The number of hydrogen-bond donors (Lipinski definition) is 2. The summed E-state index contributed by atoms with van der Waals surface area (Å²) in [4.78, 5) is 11.6. The summed E-state index contributed by atoms with van der Waals surface area (Å²) in [5, 5.41) is 16.4. The van der Waals surface area contributed by atoms with Gasteiger partial charge in [0.05, 0.1) is 11.6 Å². The Balaban J connectivity index is 1.43. The third-order valence-corrected chi connectivity index (χ3v) is 8.58. The predicted octanol–water partition coefficient (Wildman–Crippen LogP) is 5.93. The first kappa shape index (κ1) is 16.9. The van der Waals surface area contributed by atoms with Crippen LogP contribution in [0.2, 0.25) is 0 Å². The van der Waals surface area contributed by atoms with Crippen LogP contribution < -0.4 is 5.32 Å². The molecule has 3 aromatic carbocycles. The van der Waals surface area contributed by atoms with E-state index >= 15 is 0 Å². The van der Waals surface area contributed by atoms with Gasteiger partial charge in [0.25, 0.3) is 0 Å². The summed E-state index contributed by atoms with van der Waals surface area (Å²) in [6.07, 6.45) is 6.22. The van der Waals surface area contributed by atoms with E-state index in [1.165, 1.54) is 52.3 Å². The van der Waals surface area contributed by atoms with Crippen molar-refractivity contribution in [3.8, 4) is 0 Å². The van der Waals surface area contributed by atoms with Crippen molar-refractivity contribution in [3.05, 3.63) is 76.3 Å². The van der Waals surface area contributed by atoms with Crippen LogP contribution in [-0.2, 0) is 12.8 Å². The minimum absolute atomic E-state index is 0.304. The van der Waals surface area contributed by atoms with Crippen LogP contribution in [0.4, 0.5) is 5.69 Å². The molecule has 0 saturated heterocycles. The first-order valence-corrected chi connectivity index (χ1v) is 11.4. The fourth-order valence-corrected chi connectivity index (χ4v) is 7.47. The number of rotatable bonds is 2. The van der Waals surface area contributed by atoms with Gasteiger partial charge < -0.3 is 10.4 Å². The minimum atomic E-state index is -0.827. The van der Waals surface area contributed by atoms with Crippen molar-refractivity contribution in [2.24, 2.45) is 17.8 Å². The number of nitrogens with one attached hydrogen (secondary N) is 1. The summed E-state index contributed by atoms with van der Waals surface area (Å²) >= 11 is 0. The number of carboxylic acids is 1. The first-order chi connectivity index (χ1) is 14.7. The summed E-state index contributed by atoms with van der Waals surface area (Å²) in [7, 11) is 0. The van der Waals surface area contributed by atoms with E-state index in [2.05, 4.69) is 35.6 Å². The molecule has 150 valence electrons. The van der Waals surface area contributed by atoms with Gasteiger partial charge in [-0.25, -0.2) is 4.79 Å². The molecule has 5 atom stereocenters. The lowest BCUT2D eigenvalue weighted by molar-refractivity contribution is 0.0696. The van der Waals surface area contributed by atoms with E-state index in [9.17, 15) is 9.90 Å².